The van der Waals surface area contributed by atoms with Gasteiger partial charge in [-0.25, -0.2) is 0 Å². The van der Waals surface area contributed by atoms with Crippen molar-refractivity contribution in [3.05, 3.63) is 87.3 Å². The Balaban J connectivity index is 1.45. The van der Waals surface area contributed by atoms with Crippen LogP contribution in [0.1, 0.15) is 16.5 Å². The summed E-state index contributed by atoms with van der Waals surface area (Å²) in [4.78, 5) is 24.7. The second-order valence-corrected chi connectivity index (χ2v) is 7.33. The van der Waals surface area contributed by atoms with Crippen molar-refractivity contribution in [3.63, 3.8) is 0 Å². The molecule has 0 saturated heterocycles. The summed E-state index contributed by atoms with van der Waals surface area (Å²) < 4.78 is 5.57. The lowest BCUT2D eigenvalue weighted by Gasteiger charge is -2.09. The average Bonchev–Trinajstić information content (AvgIpc) is 3.34. The number of hydrogen-bond donors (Lipinski definition) is 1. The molecule has 0 saturated carbocycles. The highest BCUT2D eigenvalue weighted by Gasteiger charge is 2.24. The quantitative estimate of drug-likeness (QED) is 0.391. The van der Waals surface area contributed by atoms with Crippen LogP contribution in [0.4, 0.5) is 5.69 Å². The number of thiophene rings is 1. The third-order valence-electron chi connectivity index (χ3n) is 4.41. The Morgan fingerprint density at radius 2 is 1.93 bits per heavy atom. The van der Waals surface area contributed by atoms with Crippen molar-refractivity contribution >= 4 is 29.0 Å². The minimum Gasteiger partial charge on any atom is -0.491 e. The van der Waals surface area contributed by atoms with Crippen LogP contribution in [0.5, 0.6) is 5.75 Å². The number of nitrogens with zero attached hydrogens (tertiary/aromatic N) is 1. The standard InChI is InChI=1S/C21H16N2O4S/c24-21(22-17-13-27-19-8-4-2-5-15(17)19)12-10-14-9-11-20(28-14)16-6-1-3-7-18(16)23(25)26/h1-12,17H,13H2,(H,22,24). The molecule has 1 unspecified atom stereocenters. The van der Waals surface area contributed by atoms with Gasteiger partial charge in [-0.05, 0) is 30.3 Å². The fraction of sp³-hybridized carbons (Fsp3) is 0.0952. The van der Waals surface area contributed by atoms with Gasteiger partial charge >= 0.3 is 0 Å². The van der Waals surface area contributed by atoms with Gasteiger partial charge in [0.05, 0.1) is 16.5 Å². The van der Waals surface area contributed by atoms with Gasteiger partial charge in [0.2, 0.25) is 5.91 Å². The number of amides is 1. The first-order valence-electron chi connectivity index (χ1n) is 8.66. The zero-order valence-electron chi connectivity index (χ0n) is 14.7. The summed E-state index contributed by atoms with van der Waals surface area (Å²) in [5.74, 6) is 0.579. The van der Waals surface area contributed by atoms with Gasteiger partial charge < -0.3 is 10.1 Å². The van der Waals surface area contributed by atoms with Gasteiger partial charge in [0, 0.05) is 27.5 Å². The third kappa shape index (κ3) is 3.65. The Hall–Kier alpha value is -3.45. The number of benzene rings is 2. The van der Waals surface area contributed by atoms with Gasteiger partial charge in [-0.3, -0.25) is 14.9 Å². The van der Waals surface area contributed by atoms with Crippen molar-refractivity contribution in [3.8, 4) is 16.2 Å². The topological polar surface area (TPSA) is 81.5 Å². The minimum atomic E-state index is -0.389. The molecule has 0 radical (unpaired) electrons. The van der Waals surface area contributed by atoms with E-state index in [2.05, 4.69) is 5.32 Å². The monoisotopic (exact) mass is 392 g/mol. The van der Waals surface area contributed by atoms with Gasteiger partial charge in [-0.2, -0.15) is 0 Å². The van der Waals surface area contributed by atoms with Gasteiger partial charge in [0.25, 0.3) is 5.69 Å². The smallest absolute Gasteiger partial charge is 0.278 e. The number of nitro benzene ring substituents is 1. The molecule has 0 spiro atoms. The molecule has 1 aromatic heterocycles. The minimum absolute atomic E-state index is 0.0671. The predicted molar refractivity (Wildman–Crippen MR) is 108 cm³/mol. The normalized spacial score (nSPS) is 15.2. The first-order valence-corrected chi connectivity index (χ1v) is 9.47. The van der Waals surface area contributed by atoms with E-state index in [9.17, 15) is 14.9 Å². The summed E-state index contributed by atoms with van der Waals surface area (Å²) in [7, 11) is 0. The summed E-state index contributed by atoms with van der Waals surface area (Å²) in [5.41, 5.74) is 1.61. The molecule has 1 aliphatic heterocycles. The number of para-hydroxylation sites is 2. The number of hydrogen-bond acceptors (Lipinski definition) is 5. The second-order valence-electron chi connectivity index (χ2n) is 6.22. The Bertz CT molecular complexity index is 1070. The van der Waals surface area contributed by atoms with Crippen LogP contribution in [0.25, 0.3) is 16.5 Å². The molecule has 1 N–H and O–H groups in total. The predicted octanol–water partition coefficient (Wildman–Crippen LogP) is 4.59. The summed E-state index contributed by atoms with van der Waals surface area (Å²) >= 11 is 1.39. The number of ether oxygens (including phenoxy) is 1. The van der Waals surface area contributed by atoms with E-state index in [4.69, 9.17) is 4.74 Å². The highest BCUT2D eigenvalue weighted by molar-refractivity contribution is 7.16. The van der Waals surface area contributed by atoms with Crippen molar-refractivity contribution in [2.45, 2.75) is 6.04 Å². The number of carbonyl (C=O) groups is 1. The Morgan fingerprint density at radius 1 is 1.14 bits per heavy atom. The molecular formula is C21H16N2O4S. The first-order chi connectivity index (χ1) is 13.6. The van der Waals surface area contributed by atoms with E-state index in [1.54, 1.807) is 24.3 Å². The lowest BCUT2D eigenvalue weighted by atomic mass is 10.1. The van der Waals surface area contributed by atoms with E-state index in [0.29, 0.717) is 12.2 Å². The van der Waals surface area contributed by atoms with Crippen LogP contribution in [0.2, 0.25) is 0 Å². The van der Waals surface area contributed by atoms with E-state index in [1.165, 1.54) is 23.5 Å². The number of nitro groups is 1. The fourth-order valence-electron chi connectivity index (χ4n) is 3.09. The van der Waals surface area contributed by atoms with Crippen molar-refractivity contribution in [1.29, 1.82) is 0 Å². The summed E-state index contributed by atoms with van der Waals surface area (Å²) in [6.07, 6.45) is 3.18. The molecular weight excluding hydrogens is 376 g/mol. The number of rotatable bonds is 5. The van der Waals surface area contributed by atoms with E-state index in [-0.39, 0.29) is 22.6 Å². The average molecular weight is 392 g/mol. The van der Waals surface area contributed by atoms with Crippen LogP contribution in [0.3, 0.4) is 0 Å². The first kappa shape index (κ1) is 17.9. The highest BCUT2D eigenvalue weighted by Crippen LogP contribution is 2.35. The maximum atomic E-state index is 12.3. The summed E-state index contributed by atoms with van der Waals surface area (Å²) in [5, 5.41) is 14.1. The SMILES string of the molecule is O=C(C=Cc1ccc(-c2ccccc2[N+](=O)[O-])s1)NC1COc2ccccc21. The van der Waals surface area contributed by atoms with Gasteiger partial charge in [0.15, 0.2) is 0 Å². The summed E-state index contributed by atoms with van der Waals surface area (Å²) in [6, 6.07) is 17.8. The summed E-state index contributed by atoms with van der Waals surface area (Å²) in [6.45, 7) is 0.416. The van der Waals surface area contributed by atoms with Gasteiger partial charge in [-0.1, -0.05) is 30.3 Å². The lowest BCUT2D eigenvalue weighted by molar-refractivity contribution is -0.384. The molecule has 1 aliphatic rings. The molecule has 2 heterocycles. The highest BCUT2D eigenvalue weighted by atomic mass is 32.1. The molecule has 28 heavy (non-hydrogen) atoms. The van der Waals surface area contributed by atoms with Crippen LogP contribution in [-0.4, -0.2) is 17.4 Å². The molecule has 7 heteroatoms. The van der Waals surface area contributed by atoms with E-state index in [0.717, 1.165) is 21.1 Å². The molecule has 2 aromatic carbocycles. The second kappa shape index (κ2) is 7.66. The van der Waals surface area contributed by atoms with Crippen molar-refractivity contribution in [1.82, 2.24) is 5.32 Å². The Morgan fingerprint density at radius 3 is 2.79 bits per heavy atom. The fourth-order valence-corrected chi connectivity index (χ4v) is 4.03. The molecule has 0 fully saturated rings. The lowest BCUT2D eigenvalue weighted by Crippen LogP contribution is -2.27. The van der Waals surface area contributed by atoms with Gasteiger partial charge in [0.1, 0.15) is 12.4 Å². The third-order valence-corrected chi connectivity index (χ3v) is 5.49. The van der Waals surface area contributed by atoms with E-state index in [1.807, 2.05) is 36.4 Å². The zero-order valence-corrected chi connectivity index (χ0v) is 15.5. The Kier molecular flexibility index (Phi) is 4.90. The number of carbonyl (C=O) groups excluding carboxylic acids is 1. The number of fused-ring (bicyclic) bond motifs is 1. The molecule has 1 amide bonds. The van der Waals surface area contributed by atoms with Crippen LogP contribution in [0.15, 0.2) is 66.7 Å². The number of nitrogens with one attached hydrogen (secondary N) is 1. The molecule has 140 valence electrons. The van der Waals surface area contributed by atoms with Crippen molar-refractivity contribution in [2.75, 3.05) is 6.61 Å². The molecule has 1 atom stereocenters. The molecule has 0 aliphatic carbocycles. The van der Waals surface area contributed by atoms with Crippen LogP contribution in [-0.2, 0) is 4.79 Å². The van der Waals surface area contributed by atoms with Crippen molar-refractivity contribution < 1.29 is 14.5 Å². The molecule has 3 aromatic rings. The van der Waals surface area contributed by atoms with Crippen LogP contribution < -0.4 is 10.1 Å². The Labute approximate surface area is 165 Å². The zero-order chi connectivity index (χ0) is 19.5. The van der Waals surface area contributed by atoms with E-state index >= 15 is 0 Å². The van der Waals surface area contributed by atoms with Crippen LogP contribution >= 0.6 is 11.3 Å². The maximum Gasteiger partial charge on any atom is 0.278 e. The molecule has 4 rings (SSSR count). The van der Waals surface area contributed by atoms with Crippen LogP contribution in [0, 0.1) is 10.1 Å². The molecule has 0 bridgehead atoms. The maximum absolute atomic E-state index is 12.3. The van der Waals surface area contributed by atoms with E-state index < -0.39 is 0 Å². The van der Waals surface area contributed by atoms with Crippen molar-refractivity contribution in [2.24, 2.45) is 0 Å². The van der Waals surface area contributed by atoms with Gasteiger partial charge in [-0.15, -0.1) is 11.3 Å². The molecule has 6 nitrogen and oxygen atoms in total. The largest absolute Gasteiger partial charge is 0.491 e.